The minimum absolute atomic E-state index is 0.259. The first kappa shape index (κ1) is 24.8. The number of rotatable bonds is 9. The molecule has 0 unspecified atom stereocenters. The van der Waals surface area contributed by atoms with E-state index < -0.39 is 5.97 Å². The molecule has 0 atom stereocenters. The van der Waals surface area contributed by atoms with Crippen molar-refractivity contribution in [2.24, 2.45) is 0 Å². The van der Waals surface area contributed by atoms with Crippen molar-refractivity contribution >= 4 is 28.9 Å². The average molecular weight is 506 g/mol. The van der Waals surface area contributed by atoms with E-state index in [1.165, 1.54) is 0 Å². The second-order valence-electron chi connectivity index (χ2n) is 8.83. The van der Waals surface area contributed by atoms with E-state index in [9.17, 15) is 14.7 Å². The van der Waals surface area contributed by atoms with Gasteiger partial charge in [0.15, 0.2) is 0 Å². The van der Waals surface area contributed by atoms with Crippen molar-refractivity contribution in [2.45, 2.75) is 20.0 Å². The van der Waals surface area contributed by atoms with E-state index >= 15 is 0 Å². The van der Waals surface area contributed by atoms with Crippen molar-refractivity contribution in [2.75, 3.05) is 11.9 Å². The fourth-order valence-corrected chi connectivity index (χ4v) is 4.44. The van der Waals surface area contributed by atoms with E-state index in [2.05, 4.69) is 5.32 Å². The quantitative estimate of drug-likeness (QED) is 0.230. The Bertz CT molecular complexity index is 1590. The molecule has 0 aliphatic rings. The predicted molar refractivity (Wildman–Crippen MR) is 147 cm³/mol. The van der Waals surface area contributed by atoms with E-state index in [0.29, 0.717) is 36.8 Å². The van der Waals surface area contributed by atoms with Crippen molar-refractivity contribution in [3.63, 3.8) is 0 Å². The molecule has 0 saturated heterocycles. The number of hydrogen-bond donors (Lipinski definition) is 2. The summed E-state index contributed by atoms with van der Waals surface area (Å²) in [5.74, 6) is -0.636. The lowest BCUT2D eigenvalue weighted by Gasteiger charge is -2.13. The highest BCUT2D eigenvalue weighted by molar-refractivity contribution is 5.96. The summed E-state index contributed by atoms with van der Waals surface area (Å²) >= 11 is 0. The molecule has 1 heterocycles. The van der Waals surface area contributed by atoms with Crippen molar-refractivity contribution in [3.05, 3.63) is 119 Å². The lowest BCUT2D eigenvalue weighted by atomic mass is 9.97. The zero-order valence-electron chi connectivity index (χ0n) is 20.9. The number of aromatic carboxylic acids is 1. The van der Waals surface area contributed by atoms with Crippen LogP contribution in [0.1, 0.15) is 38.8 Å². The number of carbonyl (C=O) groups is 2. The predicted octanol–water partition coefficient (Wildman–Crippen LogP) is 6.24. The molecule has 0 aliphatic heterocycles. The number of fused-ring (bicyclic) bond motifs is 1. The fraction of sp³-hybridized carbons (Fsp3) is 0.129. The number of anilines is 1. The Morgan fingerprint density at radius 2 is 1.61 bits per heavy atom. The van der Waals surface area contributed by atoms with E-state index in [4.69, 9.17) is 9.72 Å². The van der Waals surface area contributed by atoms with Gasteiger partial charge < -0.3 is 19.7 Å². The highest BCUT2D eigenvalue weighted by atomic mass is 16.5. The van der Waals surface area contributed by atoms with Crippen LogP contribution in [-0.4, -0.2) is 33.2 Å². The molecule has 0 radical (unpaired) electrons. The van der Waals surface area contributed by atoms with Crippen LogP contribution < -0.4 is 5.32 Å². The zero-order chi connectivity index (χ0) is 26.5. The van der Waals surface area contributed by atoms with Gasteiger partial charge in [-0.1, -0.05) is 66.7 Å². The molecule has 5 rings (SSSR count). The number of carboxylic acids is 1. The van der Waals surface area contributed by atoms with E-state index in [-0.39, 0.29) is 11.5 Å². The summed E-state index contributed by atoms with van der Waals surface area (Å²) in [7, 11) is 0. The van der Waals surface area contributed by atoms with Crippen LogP contribution in [0, 0.1) is 0 Å². The summed E-state index contributed by atoms with van der Waals surface area (Å²) in [6, 6.07) is 30.2. The first-order chi connectivity index (χ1) is 18.5. The number of nitrogens with zero attached hydrogens (tertiary/aromatic N) is 2. The average Bonchev–Trinajstić information content (AvgIpc) is 3.29. The Morgan fingerprint density at radius 1 is 0.895 bits per heavy atom. The Hall–Kier alpha value is -4.91. The minimum atomic E-state index is -0.967. The lowest BCUT2D eigenvalue weighted by molar-refractivity contribution is 0.0525. The number of carbonyl (C=O) groups excluding carboxylic acids is 1. The summed E-state index contributed by atoms with van der Waals surface area (Å²) in [4.78, 5) is 28.8. The molecule has 7 heteroatoms. The van der Waals surface area contributed by atoms with Crippen LogP contribution in [0.2, 0.25) is 0 Å². The van der Waals surface area contributed by atoms with E-state index in [1.54, 1.807) is 25.1 Å². The van der Waals surface area contributed by atoms with Gasteiger partial charge in [0.1, 0.15) is 0 Å². The van der Waals surface area contributed by atoms with Gasteiger partial charge in [0.25, 0.3) is 0 Å². The van der Waals surface area contributed by atoms with Gasteiger partial charge in [0, 0.05) is 6.54 Å². The second kappa shape index (κ2) is 11.0. The van der Waals surface area contributed by atoms with Gasteiger partial charge in [0.2, 0.25) is 5.95 Å². The number of hydrogen-bond acceptors (Lipinski definition) is 5. The third kappa shape index (κ3) is 5.27. The van der Waals surface area contributed by atoms with Crippen molar-refractivity contribution < 1.29 is 19.4 Å². The molecule has 38 heavy (non-hydrogen) atoms. The fourth-order valence-electron chi connectivity index (χ4n) is 4.44. The Balaban J connectivity index is 1.42. The number of para-hydroxylation sites is 2. The van der Waals surface area contributed by atoms with Gasteiger partial charge >= 0.3 is 11.9 Å². The molecule has 0 spiro atoms. The third-order valence-electron chi connectivity index (χ3n) is 6.31. The van der Waals surface area contributed by atoms with E-state index in [0.717, 1.165) is 27.7 Å². The first-order valence-corrected chi connectivity index (χ1v) is 12.4. The Morgan fingerprint density at radius 3 is 2.34 bits per heavy atom. The molecule has 5 aromatic rings. The molecular weight excluding hydrogens is 478 g/mol. The number of aromatic nitrogens is 2. The Labute approximate surface area is 220 Å². The maximum Gasteiger partial charge on any atom is 0.338 e. The molecule has 0 amide bonds. The van der Waals surface area contributed by atoms with Gasteiger partial charge in [-0.15, -0.1) is 0 Å². The lowest BCUT2D eigenvalue weighted by Crippen LogP contribution is -2.10. The summed E-state index contributed by atoms with van der Waals surface area (Å²) in [5.41, 5.74) is 5.93. The molecule has 190 valence electrons. The summed E-state index contributed by atoms with van der Waals surface area (Å²) < 4.78 is 7.10. The van der Waals surface area contributed by atoms with Crippen LogP contribution in [0.4, 0.5) is 5.95 Å². The largest absolute Gasteiger partial charge is 0.478 e. The minimum Gasteiger partial charge on any atom is -0.478 e. The normalized spacial score (nSPS) is 10.9. The van der Waals surface area contributed by atoms with Crippen molar-refractivity contribution in [1.82, 2.24) is 9.55 Å². The molecule has 0 bridgehead atoms. The standard InChI is InChI=1S/C31H27N3O4/c1-2-38-30(37)24-15-12-21(13-16-24)19-32-31-33-27-10-6-7-11-28(27)34(31)20-22-14-17-25(26(18-22)29(35)36)23-8-4-3-5-9-23/h3-18H,2,19-20H2,1H3,(H,32,33)(H,35,36). The molecule has 4 aromatic carbocycles. The SMILES string of the molecule is CCOC(=O)c1ccc(CNc2nc3ccccc3n2Cc2ccc(-c3ccccc3)c(C(=O)O)c2)cc1. The van der Waals surface area contributed by atoms with Gasteiger partial charge in [-0.25, -0.2) is 14.6 Å². The Kier molecular flexibility index (Phi) is 7.17. The number of benzene rings is 4. The summed E-state index contributed by atoms with van der Waals surface area (Å²) in [5, 5.41) is 13.3. The number of imidazole rings is 1. The topological polar surface area (TPSA) is 93.5 Å². The molecule has 7 nitrogen and oxygen atoms in total. The van der Waals surface area contributed by atoms with Crippen LogP contribution in [0.25, 0.3) is 22.2 Å². The summed E-state index contributed by atoms with van der Waals surface area (Å²) in [6.45, 7) is 3.06. The molecule has 0 aliphatic carbocycles. The first-order valence-electron chi connectivity index (χ1n) is 12.4. The maximum atomic E-state index is 12.1. The van der Waals surface area contributed by atoms with Gasteiger partial charge in [-0.2, -0.15) is 0 Å². The van der Waals surface area contributed by atoms with E-state index in [1.807, 2.05) is 83.4 Å². The molecule has 0 fully saturated rings. The third-order valence-corrected chi connectivity index (χ3v) is 6.31. The molecule has 2 N–H and O–H groups in total. The second-order valence-corrected chi connectivity index (χ2v) is 8.83. The highest BCUT2D eigenvalue weighted by Gasteiger charge is 2.16. The number of ether oxygens (including phenoxy) is 1. The molecule has 0 saturated carbocycles. The van der Waals surface area contributed by atoms with Crippen molar-refractivity contribution in [1.29, 1.82) is 0 Å². The van der Waals surface area contributed by atoms with Gasteiger partial charge in [0.05, 0.1) is 35.3 Å². The van der Waals surface area contributed by atoms with Crippen molar-refractivity contribution in [3.8, 4) is 11.1 Å². The molecular formula is C31H27N3O4. The van der Waals surface area contributed by atoms with Gasteiger partial charge in [-0.05, 0) is 59.5 Å². The van der Waals surface area contributed by atoms with Crippen LogP contribution in [0.15, 0.2) is 97.1 Å². The van der Waals surface area contributed by atoms with Gasteiger partial charge in [-0.3, -0.25) is 0 Å². The smallest absolute Gasteiger partial charge is 0.338 e. The summed E-state index contributed by atoms with van der Waals surface area (Å²) in [6.07, 6.45) is 0. The van der Waals surface area contributed by atoms with Crippen LogP contribution in [-0.2, 0) is 17.8 Å². The van der Waals surface area contributed by atoms with Crippen LogP contribution >= 0.6 is 0 Å². The number of esters is 1. The van der Waals surface area contributed by atoms with Crippen LogP contribution in [0.3, 0.4) is 0 Å². The number of carboxylic acid groups (broad SMARTS) is 1. The monoisotopic (exact) mass is 505 g/mol. The van der Waals surface area contributed by atoms with Crippen LogP contribution in [0.5, 0.6) is 0 Å². The number of nitrogens with one attached hydrogen (secondary N) is 1. The zero-order valence-corrected chi connectivity index (χ0v) is 20.9. The maximum absolute atomic E-state index is 12.1. The highest BCUT2D eigenvalue weighted by Crippen LogP contribution is 2.27. The molecule has 1 aromatic heterocycles.